The molecule has 0 radical (unpaired) electrons. The van der Waals surface area contributed by atoms with E-state index >= 15 is 0 Å². The minimum Gasteiger partial charge on any atom is -0.465 e. The summed E-state index contributed by atoms with van der Waals surface area (Å²) in [4.78, 5) is 13.0. The number of benzene rings is 2. The van der Waals surface area contributed by atoms with Gasteiger partial charge in [-0.15, -0.1) is 0 Å². The highest BCUT2D eigenvalue weighted by Gasteiger charge is 2.62. The molecule has 3 atom stereocenters. The highest BCUT2D eigenvalue weighted by Crippen LogP contribution is 2.59. The Hall–Kier alpha value is -2.17. The maximum absolute atomic E-state index is 13.0. The smallest absolute Gasteiger partial charge is 0.312 e. The predicted molar refractivity (Wildman–Crippen MR) is 107 cm³/mol. The van der Waals surface area contributed by atoms with Crippen LogP contribution in [0.3, 0.4) is 0 Å². The lowest BCUT2D eigenvalue weighted by atomic mass is 9.54. The molecule has 0 aromatic heterocycles. The third kappa shape index (κ3) is 2.70. The molecule has 0 saturated carbocycles. The lowest BCUT2D eigenvalue weighted by Gasteiger charge is -2.53. The van der Waals surface area contributed by atoms with Crippen molar-refractivity contribution in [2.24, 2.45) is 5.92 Å². The van der Waals surface area contributed by atoms with Gasteiger partial charge in [-0.25, -0.2) is 0 Å². The van der Waals surface area contributed by atoms with Crippen molar-refractivity contribution in [2.75, 3.05) is 6.61 Å². The Kier molecular flexibility index (Phi) is 4.80. The molecule has 28 heavy (non-hydrogen) atoms. The van der Waals surface area contributed by atoms with E-state index in [0.29, 0.717) is 28.9 Å². The monoisotopic (exact) mass is 380 g/mol. The number of unbranched alkanes of at least 4 members (excludes halogenated alkanes) is 3. The minimum absolute atomic E-state index is 0.130. The highest BCUT2D eigenvalue weighted by atomic mass is 16.5. The molecule has 5 rings (SSSR count). The Balaban J connectivity index is 1.73. The first-order valence-electron chi connectivity index (χ1n) is 10.3. The van der Waals surface area contributed by atoms with Gasteiger partial charge in [-0.1, -0.05) is 74.2 Å². The van der Waals surface area contributed by atoms with Gasteiger partial charge in [0.25, 0.3) is 0 Å². The first kappa shape index (κ1) is 19.2. The molecule has 148 valence electrons. The number of esters is 1. The molecule has 2 N–H and O–H groups in total. The Morgan fingerprint density at radius 3 is 2.50 bits per heavy atom. The zero-order valence-corrected chi connectivity index (χ0v) is 16.6. The molecule has 4 heteroatoms. The van der Waals surface area contributed by atoms with Gasteiger partial charge in [-0.3, -0.25) is 4.79 Å². The average Bonchev–Trinajstić information content (AvgIpc) is 2.69. The second-order valence-electron chi connectivity index (χ2n) is 8.21. The lowest BCUT2D eigenvalue weighted by molar-refractivity contribution is -0.167. The third-order valence-electron chi connectivity index (χ3n) is 6.35. The number of hydrogen-bond donors (Lipinski definition) is 2. The summed E-state index contributed by atoms with van der Waals surface area (Å²) in [5.41, 5.74) is 0.824. The van der Waals surface area contributed by atoms with Crippen LogP contribution in [0.1, 0.15) is 66.8 Å². The Morgan fingerprint density at radius 1 is 1.04 bits per heavy atom. The van der Waals surface area contributed by atoms with Gasteiger partial charge in [0.05, 0.1) is 12.5 Å². The highest BCUT2D eigenvalue weighted by molar-refractivity contribution is 5.79. The summed E-state index contributed by atoms with van der Waals surface area (Å²) < 4.78 is 5.53. The molecule has 0 spiro atoms. The number of aryl methyl sites for hydroxylation is 1. The van der Waals surface area contributed by atoms with E-state index in [-0.39, 0.29) is 6.42 Å². The van der Waals surface area contributed by atoms with E-state index < -0.39 is 23.1 Å². The summed E-state index contributed by atoms with van der Waals surface area (Å²) in [6.07, 6.45) is 4.21. The summed E-state index contributed by atoms with van der Waals surface area (Å²) in [6, 6.07) is 13.0. The van der Waals surface area contributed by atoms with Gasteiger partial charge in [-0.2, -0.15) is 0 Å². The van der Waals surface area contributed by atoms with Crippen molar-refractivity contribution >= 4 is 5.97 Å². The van der Waals surface area contributed by atoms with E-state index in [0.717, 1.165) is 31.2 Å². The maximum atomic E-state index is 13.0. The number of carbonyl (C=O) groups excluding carboxylic acids is 1. The van der Waals surface area contributed by atoms with Crippen LogP contribution in [0.2, 0.25) is 0 Å². The van der Waals surface area contributed by atoms with Gasteiger partial charge in [-0.05, 0) is 35.6 Å². The van der Waals surface area contributed by atoms with Crippen molar-refractivity contribution < 1.29 is 19.7 Å². The van der Waals surface area contributed by atoms with Crippen LogP contribution in [0.4, 0.5) is 0 Å². The molecule has 2 bridgehead atoms. The second kappa shape index (κ2) is 7.02. The first-order chi connectivity index (χ1) is 13.4. The maximum Gasteiger partial charge on any atom is 0.312 e. The summed E-state index contributed by atoms with van der Waals surface area (Å²) in [7, 11) is 0. The summed E-state index contributed by atoms with van der Waals surface area (Å²) in [5.74, 6) is -1.26. The number of aliphatic hydroxyl groups is 2. The molecule has 2 aromatic carbocycles. The molecule has 2 aromatic rings. The number of rotatable bonds is 6. The number of fused-ring (bicyclic) bond motifs is 1. The van der Waals surface area contributed by atoms with E-state index in [1.807, 2.05) is 49.4 Å². The SMILES string of the molecule is CCCCCCOC(=O)C1CC2(O)c3ccccc3C1(O)c1ccc(C)cc12. The normalized spacial score (nSPS) is 27.2. The van der Waals surface area contributed by atoms with E-state index in [1.165, 1.54) is 0 Å². The lowest BCUT2D eigenvalue weighted by Crippen LogP contribution is -2.57. The molecule has 3 unspecified atom stereocenters. The van der Waals surface area contributed by atoms with Gasteiger partial charge in [0, 0.05) is 6.42 Å². The summed E-state index contributed by atoms with van der Waals surface area (Å²) in [5, 5.41) is 23.6. The first-order valence-corrected chi connectivity index (χ1v) is 10.3. The van der Waals surface area contributed by atoms with Crippen molar-refractivity contribution in [2.45, 2.75) is 57.2 Å². The van der Waals surface area contributed by atoms with Crippen LogP contribution < -0.4 is 0 Å². The Morgan fingerprint density at radius 2 is 1.75 bits per heavy atom. The third-order valence-corrected chi connectivity index (χ3v) is 6.35. The minimum atomic E-state index is -1.48. The molecule has 0 fully saturated rings. The number of ether oxygens (including phenoxy) is 1. The molecule has 3 aliphatic carbocycles. The molecule has 0 aliphatic heterocycles. The fraction of sp³-hybridized carbons (Fsp3) is 0.458. The average molecular weight is 380 g/mol. The van der Waals surface area contributed by atoms with Crippen molar-refractivity contribution in [1.82, 2.24) is 0 Å². The summed E-state index contributed by atoms with van der Waals surface area (Å²) >= 11 is 0. The van der Waals surface area contributed by atoms with Gasteiger partial charge in [0.2, 0.25) is 0 Å². The molecule has 0 amide bonds. The van der Waals surface area contributed by atoms with E-state index in [2.05, 4.69) is 6.92 Å². The van der Waals surface area contributed by atoms with Crippen LogP contribution in [-0.4, -0.2) is 22.8 Å². The largest absolute Gasteiger partial charge is 0.465 e. The number of hydrogen-bond acceptors (Lipinski definition) is 4. The van der Waals surface area contributed by atoms with Crippen LogP contribution in [0, 0.1) is 12.8 Å². The fourth-order valence-electron chi connectivity index (χ4n) is 4.89. The van der Waals surface area contributed by atoms with E-state index in [1.54, 1.807) is 0 Å². The number of carbonyl (C=O) groups is 1. The molecule has 4 nitrogen and oxygen atoms in total. The van der Waals surface area contributed by atoms with Gasteiger partial charge in [0.1, 0.15) is 11.2 Å². The molecular formula is C24H28O4. The van der Waals surface area contributed by atoms with E-state index in [4.69, 9.17) is 4.74 Å². The second-order valence-corrected chi connectivity index (χ2v) is 8.21. The zero-order chi connectivity index (χ0) is 19.9. The molecule has 3 aliphatic rings. The fourth-order valence-corrected chi connectivity index (χ4v) is 4.89. The van der Waals surface area contributed by atoms with Gasteiger partial charge >= 0.3 is 5.97 Å². The van der Waals surface area contributed by atoms with Gasteiger partial charge in [0.15, 0.2) is 0 Å². The van der Waals surface area contributed by atoms with Crippen molar-refractivity contribution in [1.29, 1.82) is 0 Å². The molecular weight excluding hydrogens is 352 g/mol. The van der Waals surface area contributed by atoms with Crippen LogP contribution in [-0.2, 0) is 20.7 Å². The van der Waals surface area contributed by atoms with Gasteiger partial charge < -0.3 is 14.9 Å². The zero-order valence-electron chi connectivity index (χ0n) is 16.6. The van der Waals surface area contributed by atoms with Crippen LogP contribution in [0.5, 0.6) is 0 Å². The standard InChI is InChI=1S/C24H28O4/c1-3-4-5-8-13-28-22(25)21-15-23(26)17-9-6-7-10-18(17)24(21,27)19-12-11-16(2)14-20(19)23/h6-7,9-12,14,21,26-27H,3-5,8,13,15H2,1-2H3. The van der Waals surface area contributed by atoms with Crippen LogP contribution in [0.25, 0.3) is 0 Å². The van der Waals surface area contributed by atoms with E-state index in [9.17, 15) is 15.0 Å². The Labute approximate surface area is 166 Å². The van der Waals surface area contributed by atoms with Crippen LogP contribution in [0.15, 0.2) is 42.5 Å². The molecule has 0 heterocycles. The topological polar surface area (TPSA) is 66.8 Å². The van der Waals surface area contributed by atoms with Crippen molar-refractivity contribution in [3.63, 3.8) is 0 Å². The van der Waals surface area contributed by atoms with Crippen molar-refractivity contribution in [3.05, 3.63) is 70.3 Å². The van der Waals surface area contributed by atoms with Crippen LogP contribution >= 0.6 is 0 Å². The summed E-state index contributed by atoms with van der Waals surface area (Å²) in [6.45, 7) is 4.45. The molecule has 0 saturated heterocycles. The Bertz CT molecular complexity index is 905. The predicted octanol–water partition coefficient (Wildman–Crippen LogP) is 3.92. The van der Waals surface area contributed by atoms with Crippen molar-refractivity contribution in [3.8, 4) is 0 Å². The quantitative estimate of drug-likeness (QED) is 0.589.